The molecule has 0 saturated heterocycles. The second-order valence-electron chi connectivity index (χ2n) is 8.35. The van der Waals surface area contributed by atoms with E-state index in [1.54, 1.807) is 49.6 Å². The number of carbonyl (C=O) groups is 1. The van der Waals surface area contributed by atoms with Crippen LogP contribution in [0.4, 0.5) is 0 Å². The normalized spacial score (nSPS) is 11.2. The number of benzene rings is 3. The lowest BCUT2D eigenvalue weighted by Crippen LogP contribution is -2.17. The Kier molecular flexibility index (Phi) is 10.1. The topological polar surface area (TPSA) is 106 Å². The number of nitrogens with zero attached hydrogens (tertiary/aromatic N) is 1. The number of Topliss-reactive ketones (excluding diaryl/α,β-unsaturated/α-hetero) is 1. The van der Waals surface area contributed by atoms with Gasteiger partial charge in [-0.15, -0.1) is 0 Å². The molecule has 0 amide bonds. The van der Waals surface area contributed by atoms with Gasteiger partial charge in [0.15, 0.2) is 28.8 Å². The summed E-state index contributed by atoms with van der Waals surface area (Å²) >= 11 is 0. The largest absolute Gasteiger partial charge is 0.497 e. The van der Waals surface area contributed by atoms with E-state index in [4.69, 9.17) is 23.7 Å². The SMILES string of the molecule is C=CCOc1ccc(C(=O)CC(C[N+](=O)[O-])c2ccc(OCc3ccc(OC)cc3)c(OC)c2)cc1OC. The molecule has 0 spiro atoms. The summed E-state index contributed by atoms with van der Waals surface area (Å²) < 4.78 is 27.5. The maximum Gasteiger partial charge on any atom is 0.211 e. The highest BCUT2D eigenvalue weighted by Gasteiger charge is 2.24. The third-order valence-corrected chi connectivity index (χ3v) is 5.86. The highest BCUT2D eigenvalue weighted by atomic mass is 16.6. The Morgan fingerprint density at radius 1 is 0.895 bits per heavy atom. The predicted octanol–water partition coefficient (Wildman–Crippen LogP) is 5.49. The van der Waals surface area contributed by atoms with Crippen molar-refractivity contribution in [2.75, 3.05) is 34.5 Å². The number of ether oxygens (including phenoxy) is 5. The predicted molar refractivity (Wildman–Crippen MR) is 143 cm³/mol. The van der Waals surface area contributed by atoms with E-state index >= 15 is 0 Å². The van der Waals surface area contributed by atoms with Gasteiger partial charge in [-0.2, -0.15) is 0 Å². The zero-order valence-corrected chi connectivity index (χ0v) is 21.7. The van der Waals surface area contributed by atoms with Gasteiger partial charge in [0.05, 0.1) is 27.2 Å². The molecule has 9 heteroatoms. The molecular formula is C29H31NO8. The third-order valence-electron chi connectivity index (χ3n) is 5.86. The van der Waals surface area contributed by atoms with E-state index in [0.717, 1.165) is 11.3 Å². The minimum atomic E-state index is -0.676. The van der Waals surface area contributed by atoms with Crippen LogP contribution in [-0.4, -0.2) is 45.2 Å². The van der Waals surface area contributed by atoms with Gasteiger partial charge in [0, 0.05) is 16.9 Å². The fourth-order valence-corrected chi connectivity index (χ4v) is 3.86. The molecule has 38 heavy (non-hydrogen) atoms. The molecule has 0 aromatic heterocycles. The van der Waals surface area contributed by atoms with Gasteiger partial charge in [-0.1, -0.05) is 30.9 Å². The molecule has 0 aliphatic carbocycles. The van der Waals surface area contributed by atoms with Crippen LogP contribution in [0.2, 0.25) is 0 Å². The van der Waals surface area contributed by atoms with Crippen molar-refractivity contribution in [3.8, 4) is 28.7 Å². The molecule has 1 unspecified atom stereocenters. The molecule has 0 saturated carbocycles. The molecule has 0 N–H and O–H groups in total. The van der Waals surface area contributed by atoms with Crippen LogP contribution in [0.15, 0.2) is 73.3 Å². The average molecular weight is 522 g/mol. The van der Waals surface area contributed by atoms with Gasteiger partial charge >= 0.3 is 0 Å². The number of methoxy groups -OCH3 is 3. The van der Waals surface area contributed by atoms with Crippen molar-refractivity contribution in [3.63, 3.8) is 0 Å². The van der Waals surface area contributed by atoms with Gasteiger partial charge in [0.25, 0.3) is 0 Å². The van der Waals surface area contributed by atoms with Crippen LogP contribution < -0.4 is 23.7 Å². The third kappa shape index (κ3) is 7.49. The Bertz CT molecular complexity index is 1260. The molecule has 3 aromatic carbocycles. The summed E-state index contributed by atoms with van der Waals surface area (Å²) in [5, 5.41) is 11.5. The molecule has 0 radical (unpaired) electrons. The van der Waals surface area contributed by atoms with E-state index in [1.807, 2.05) is 24.3 Å². The van der Waals surface area contributed by atoms with E-state index in [2.05, 4.69) is 6.58 Å². The maximum absolute atomic E-state index is 13.1. The fourth-order valence-electron chi connectivity index (χ4n) is 3.86. The van der Waals surface area contributed by atoms with Crippen molar-refractivity contribution < 1.29 is 33.4 Å². The highest BCUT2D eigenvalue weighted by molar-refractivity contribution is 5.97. The van der Waals surface area contributed by atoms with Gasteiger partial charge < -0.3 is 23.7 Å². The summed E-state index contributed by atoms with van der Waals surface area (Å²) in [5.41, 5.74) is 1.90. The lowest BCUT2D eigenvalue weighted by atomic mass is 9.91. The van der Waals surface area contributed by atoms with E-state index in [9.17, 15) is 14.9 Å². The number of nitro groups is 1. The molecule has 9 nitrogen and oxygen atoms in total. The van der Waals surface area contributed by atoms with Crippen LogP contribution in [0.1, 0.15) is 33.8 Å². The lowest BCUT2D eigenvalue weighted by molar-refractivity contribution is -0.483. The minimum absolute atomic E-state index is 0.0772. The molecular weight excluding hydrogens is 490 g/mol. The molecule has 0 bridgehead atoms. The zero-order chi connectivity index (χ0) is 27.5. The van der Waals surface area contributed by atoms with E-state index in [1.165, 1.54) is 14.2 Å². The molecule has 3 rings (SSSR count). The molecule has 0 heterocycles. The lowest BCUT2D eigenvalue weighted by Gasteiger charge is -2.17. The average Bonchev–Trinajstić information content (AvgIpc) is 2.94. The van der Waals surface area contributed by atoms with E-state index in [0.29, 0.717) is 40.7 Å². The van der Waals surface area contributed by atoms with Crippen molar-refractivity contribution in [2.24, 2.45) is 0 Å². The number of carbonyl (C=O) groups excluding carboxylic acids is 1. The first-order valence-electron chi connectivity index (χ1n) is 11.9. The Morgan fingerprint density at radius 2 is 1.55 bits per heavy atom. The smallest absolute Gasteiger partial charge is 0.211 e. The number of rotatable bonds is 15. The van der Waals surface area contributed by atoms with Gasteiger partial charge in [-0.05, 0) is 53.6 Å². The number of hydrogen-bond donors (Lipinski definition) is 0. The first-order valence-corrected chi connectivity index (χ1v) is 11.9. The first-order chi connectivity index (χ1) is 18.4. The second kappa shape index (κ2) is 13.7. The maximum atomic E-state index is 13.1. The van der Waals surface area contributed by atoms with Crippen LogP contribution in [0, 0.1) is 10.1 Å². The molecule has 0 aliphatic rings. The summed E-state index contributed by atoms with van der Waals surface area (Å²) in [6, 6.07) is 17.4. The molecule has 0 fully saturated rings. The van der Waals surface area contributed by atoms with Crippen LogP contribution in [0.3, 0.4) is 0 Å². The van der Waals surface area contributed by atoms with Gasteiger partial charge in [0.2, 0.25) is 6.54 Å². The van der Waals surface area contributed by atoms with Crippen LogP contribution in [0.5, 0.6) is 28.7 Å². The standard InChI is InChI=1S/C29H31NO8/c1-5-14-37-26-13-9-22(17-29(26)36-4)25(31)15-23(18-30(32)33)21-8-12-27(28(16-21)35-3)38-19-20-6-10-24(34-2)11-7-20/h5-13,16-17,23H,1,14-15,18-19H2,2-4H3. The Morgan fingerprint density at radius 3 is 2.18 bits per heavy atom. The molecule has 1 atom stereocenters. The van der Waals surface area contributed by atoms with E-state index in [-0.39, 0.29) is 18.8 Å². The number of hydrogen-bond acceptors (Lipinski definition) is 8. The van der Waals surface area contributed by atoms with Gasteiger partial charge in [0.1, 0.15) is 19.0 Å². The van der Waals surface area contributed by atoms with Crippen LogP contribution in [-0.2, 0) is 6.61 Å². The van der Waals surface area contributed by atoms with Crippen molar-refractivity contribution in [1.82, 2.24) is 0 Å². The van der Waals surface area contributed by atoms with Gasteiger partial charge in [-0.25, -0.2) is 0 Å². The van der Waals surface area contributed by atoms with Crippen molar-refractivity contribution in [3.05, 3.63) is 100 Å². The summed E-state index contributed by atoms with van der Waals surface area (Å²) in [6.45, 7) is 3.78. The van der Waals surface area contributed by atoms with Crippen molar-refractivity contribution >= 4 is 5.78 Å². The van der Waals surface area contributed by atoms with Crippen molar-refractivity contribution in [2.45, 2.75) is 18.9 Å². The molecule has 3 aromatic rings. The van der Waals surface area contributed by atoms with Crippen LogP contribution >= 0.6 is 0 Å². The molecule has 0 aliphatic heterocycles. The fraction of sp³-hybridized carbons (Fsp3) is 0.276. The monoisotopic (exact) mass is 521 g/mol. The Balaban J connectivity index is 1.78. The second-order valence-corrected chi connectivity index (χ2v) is 8.35. The summed E-state index contributed by atoms with van der Waals surface area (Å²) in [5.74, 6) is 1.58. The number of ketones is 1. The summed E-state index contributed by atoms with van der Waals surface area (Å²) in [4.78, 5) is 24.2. The zero-order valence-electron chi connectivity index (χ0n) is 21.7. The quantitative estimate of drug-likeness (QED) is 0.112. The molecule has 200 valence electrons. The van der Waals surface area contributed by atoms with Crippen LogP contribution in [0.25, 0.3) is 0 Å². The first kappa shape index (κ1) is 28.0. The summed E-state index contributed by atoms with van der Waals surface area (Å²) in [7, 11) is 4.57. The van der Waals surface area contributed by atoms with Gasteiger partial charge in [-0.3, -0.25) is 14.9 Å². The van der Waals surface area contributed by atoms with E-state index < -0.39 is 17.4 Å². The Labute approximate surface area is 221 Å². The van der Waals surface area contributed by atoms with Crippen molar-refractivity contribution in [1.29, 1.82) is 0 Å². The minimum Gasteiger partial charge on any atom is -0.497 e. The summed E-state index contributed by atoms with van der Waals surface area (Å²) in [6.07, 6.45) is 1.52. The Hall–Kier alpha value is -4.53. The highest BCUT2D eigenvalue weighted by Crippen LogP contribution is 2.34.